The van der Waals surface area contributed by atoms with E-state index in [-0.39, 0.29) is 36.8 Å². The van der Waals surface area contributed by atoms with Crippen LogP contribution < -0.4 is 16.4 Å². The Morgan fingerprint density at radius 3 is 2.24 bits per heavy atom. The van der Waals surface area contributed by atoms with Gasteiger partial charge in [0.15, 0.2) is 0 Å². The number of nitrogens with zero attached hydrogens (tertiary/aromatic N) is 2. The van der Waals surface area contributed by atoms with Gasteiger partial charge >= 0.3 is 12.1 Å². The first kappa shape index (κ1) is 15.6. The van der Waals surface area contributed by atoms with Gasteiger partial charge in [-0.2, -0.15) is 0 Å². The van der Waals surface area contributed by atoms with Crippen LogP contribution >= 0.6 is 11.8 Å². The highest BCUT2D eigenvalue weighted by Gasteiger charge is 2.34. The highest BCUT2D eigenvalue weighted by atomic mass is 32.2. The molecule has 9 nitrogen and oxygen atoms in total. The summed E-state index contributed by atoms with van der Waals surface area (Å²) in [5.74, 6) is -0.685. The summed E-state index contributed by atoms with van der Waals surface area (Å²) >= 11 is 1.41. The molecule has 0 aliphatic carbocycles. The SMILES string of the molecule is CSC(CC(N)CN1CC(=O)NC1=O)N1CC(=O)NC1=O. The van der Waals surface area contributed by atoms with Crippen molar-refractivity contribution in [1.82, 2.24) is 20.4 Å². The van der Waals surface area contributed by atoms with Crippen molar-refractivity contribution in [3.8, 4) is 0 Å². The monoisotopic (exact) mass is 315 g/mol. The van der Waals surface area contributed by atoms with Gasteiger partial charge in [-0.25, -0.2) is 9.59 Å². The summed E-state index contributed by atoms with van der Waals surface area (Å²) in [6.45, 7) is 0.233. The first-order valence-corrected chi connectivity index (χ1v) is 7.67. The fourth-order valence-electron chi connectivity index (χ4n) is 2.29. The predicted octanol–water partition coefficient (Wildman–Crippen LogP) is -1.50. The molecule has 116 valence electrons. The van der Waals surface area contributed by atoms with Crippen molar-refractivity contribution in [2.75, 3.05) is 25.9 Å². The van der Waals surface area contributed by atoms with E-state index in [1.807, 2.05) is 6.26 Å². The lowest BCUT2D eigenvalue weighted by molar-refractivity contribution is -0.119. The van der Waals surface area contributed by atoms with E-state index >= 15 is 0 Å². The van der Waals surface area contributed by atoms with Gasteiger partial charge in [-0.1, -0.05) is 0 Å². The number of hydrogen-bond acceptors (Lipinski definition) is 6. The Morgan fingerprint density at radius 1 is 1.14 bits per heavy atom. The Kier molecular flexibility index (Phi) is 4.68. The molecule has 21 heavy (non-hydrogen) atoms. The molecule has 2 heterocycles. The van der Waals surface area contributed by atoms with Gasteiger partial charge in [0.25, 0.3) is 0 Å². The standard InChI is InChI=1S/C11H17N5O4S/c1-21-9(16-5-8(18)14-11(16)20)2-6(12)3-15-4-7(17)13-10(15)19/h6,9H,2-5,12H2,1H3,(H,13,17,19)(H,14,18,20). The molecule has 2 rings (SSSR count). The molecule has 6 amide bonds. The largest absolute Gasteiger partial charge is 0.326 e. The van der Waals surface area contributed by atoms with E-state index in [9.17, 15) is 19.2 Å². The van der Waals surface area contributed by atoms with E-state index in [1.54, 1.807) is 0 Å². The number of nitrogens with two attached hydrogens (primary N) is 1. The lowest BCUT2D eigenvalue weighted by Gasteiger charge is -2.28. The van der Waals surface area contributed by atoms with Crippen LogP contribution in [0.15, 0.2) is 0 Å². The summed E-state index contributed by atoms with van der Waals surface area (Å²) in [7, 11) is 0. The van der Waals surface area contributed by atoms with E-state index < -0.39 is 18.1 Å². The van der Waals surface area contributed by atoms with Crippen LogP contribution in [0.1, 0.15) is 6.42 Å². The van der Waals surface area contributed by atoms with Crippen LogP contribution in [-0.4, -0.2) is 71.0 Å². The number of imide groups is 2. The fourth-order valence-corrected chi connectivity index (χ4v) is 3.15. The maximum atomic E-state index is 11.6. The molecule has 0 aromatic heterocycles. The summed E-state index contributed by atoms with van der Waals surface area (Å²) in [6.07, 6.45) is 2.24. The van der Waals surface area contributed by atoms with Crippen molar-refractivity contribution < 1.29 is 19.2 Å². The van der Waals surface area contributed by atoms with Crippen molar-refractivity contribution >= 4 is 35.6 Å². The maximum Gasteiger partial charge on any atom is 0.325 e. The van der Waals surface area contributed by atoms with Crippen LogP contribution in [-0.2, 0) is 9.59 Å². The molecule has 0 aromatic carbocycles. The second-order valence-electron chi connectivity index (χ2n) is 4.90. The van der Waals surface area contributed by atoms with E-state index in [0.717, 1.165) is 0 Å². The molecule has 2 aliphatic heterocycles. The first-order valence-electron chi connectivity index (χ1n) is 6.38. The minimum Gasteiger partial charge on any atom is -0.326 e. The molecular weight excluding hydrogens is 298 g/mol. The molecule has 4 N–H and O–H groups in total. The minimum atomic E-state index is -0.453. The Bertz CT molecular complexity index is 485. The summed E-state index contributed by atoms with van der Waals surface area (Å²) in [4.78, 5) is 48.1. The number of rotatable bonds is 6. The molecule has 2 unspecified atom stereocenters. The third-order valence-corrected chi connectivity index (χ3v) is 4.26. The van der Waals surface area contributed by atoms with Gasteiger partial charge in [-0.15, -0.1) is 11.8 Å². The number of nitrogens with one attached hydrogen (secondary N) is 2. The molecular formula is C11H17N5O4S. The van der Waals surface area contributed by atoms with Gasteiger partial charge in [-0.05, 0) is 12.7 Å². The Hall–Kier alpha value is -1.81. The van der Waals surface area contributed by atoms with Crippen LogP contribution in [0.4, 0.5) is 9.59 Å². The van der Waals surface area contributed by atoms with Gasteiger partial charge in [-0.3, -0.25) is 20.2 Å². The number of carbonyl (C=O) groups is 4. The van der Waals surface area contributed by atoms with Crippen LogP contribution in [0.2, 0.25) is 0 Å². The second-order valence-corrected chi connectivity index (χ2v) is 5.92. The van der Waals surface area contributed by atoms with Gasteiger partial charge in [0.1, 0.15) is 13.1 Å². The van der Waals surface area contributed by atoms with Gasteiger partial charge < -0.3 is 15.5 Å². The van der Waals surface area contributed by atoms with Crippen LogP contribution in [0.3, 0.4) is 0 Å². The molecule has 10 heteroatoms. The van der Waals surface area contributed by atoms with Crippen LogP contribution in [0.5, 0.6) is 0 Å². The van der Waals surface area contributed by atoms with Crippen molar-refractivity contribution in [2.45, 2.75) is 17.8 Å². The normalized spacial score (nSPS) is 21.6. The van der Waals surface area contributed by atoms with Crippen molar-refractivity contribution in [3.05, 3.63) is 0 Å². The molecule has 2 fully saturated rings. The minimum absolute atomic E-state index is 0.000839. The Balaban J connectivity index is 1.89. The number of urea groups is 2. The van der Waals surface area contributed by atoms with Gasteiger partial charge in [0, 0.05) is 12.6 Å². The second kappa shape index (κ2) is 6.31. The highest BCUT2D eigenvalue weighted by molar-refractivity contribution is 7.99. The topological polar surface area (TPSA) is 125 Å². The zero-order valence-corrected chi connectivity index (χ0v) is 12.3. The zero-order valence-electron chi connectivity index (χ0n) is 11.5. The van der Waals surface area contributed by atoms with E-state index in [4.69, 9.17) is 5.73 Å². The fraction of sp³-hybridized carbons (Fsp3) is 0.636. The maximum absolute atomic E-state index is 11.6. The molecule has 0 aromatic rings. The van der Waals surface area contributed by atoms with E-state index in [1.165, 1.54) is 21.6 Å². The molecule has 0 bridgehead atoms. The number of amides is 6. The number of hydrogen-bond donors (Lipinski definition) is 3. The van der Waals surface area contributed by atoms with Crippen molar-refractivity contribution in [1.29, 1.82) is 0 Å². The van der Waals surface area contributed by atoms with E-state index in [2.05, 4.69) is 10.6 Å². The summed E-state index contributed by atoms with van der Waals surface area (Å²) < 4.78 is 0. The summed E-state index contributed by atoms with van der Waals surface area (Å²) in [5.41, 5.74) is 6.00. The highest BCUT2D eigenvalue weighted by Crippen LogP contribution is 2.20. The molecule has 0 radical (unpaired) electrons. The molecule has 2 saturated heterocycles. The molecule has 0 spiro atoms. The lowest BCUT2D eigenvalue weighted by Crippen LogP contribution is -2.44. The van der Waals surface area contributed by atoms with Crippen LogP contribution in [0.25, 0.3) is 0 Å². The lowest BCUT2D eigenvalue weighted by atomic mass is 10.2. The first-order chi connectivity index (χ1) is 9.90. The Labute approximate surface area is 125 Å². The van der Waals surface area contributed by atoms with E-state index in [0.29, 0.717) is 6.42 Å². The number of carbonyl (C=O) groups excluding carboxylic acids is 4. The van der Waals surface area contributed by atoms with Crippen LogP contribution in [0, 0.1) is 0 Å². The van der Waals surface area contributed by atoms with Crippen molar-refractivity contribution in [3.63, 3.8) is 0 Å². The Morgan fingerprint density at radius 2 is 1.76 bits per heavy atom. The molecule has 0 saturated carbocycles. The molecule has 2 aliphatic rings. The molecule has 2 atom stereocenters. The summed E-state index contributed by atoms with van der Waals surface area (Å²) in [5, 5.41) is 4.13. The predicted molar refractivity (Wildman–Crippen MR) is 75.3 cm³/mol. The average Bonchev–Trinajstić information content (AvgIpc) is 2.89. The summed E-state index contributed by atoms with van der Waals surface area (Å²) in [6, 6.07) is -1.28. The third kappa shape index (κ3) is 3.64. The van der Waals surface area contributed by atoms with Gasteiger partial charge in [0.05, 0.1) is 5.37 Å². The average molecular weight is 315 g/mol. The third-order valence-electron chi connectivity index (χ3n) is 3.27. The number of thioether (sulfide) groups is 1. The quantitative estimate of drug-likeness (QED) is 0.512. The zero-order chi connectivity index (χ0) is 15.6. The van der Waals surface area contributed by atoms with Gasteiger partial charge in [0.2, 0.25) is 11.8 Å². The smallest absolute Gasteiger partial charge is 0.325 e. The van der Waals surface area contributed by atoms with Crippen molar-refractivity contribution in [2.24, 2.45) is 5.73 Å².